The minimum atomic E-state index is -2.93. The molecule has 1 aliphatic heterocycles. The lowest BCUT2D eigenvalue weighted by molar-refractivity contribution is -0.119. The van der Waals surface area contributed by atoms with Crippen molar-refractivity contribution in [3.8, 4) is 11.5 Å². The highest BCUT2D eigenvalue weighted by molar-refractivity contribution is 14.0. The number of benzene rings is 1. The molecule has 1 aromatic carbocycles. The number of amides is 1. The summed E-state index contributed by atoms with van der Waals surface area (Å²) in [6, 6.07) is 4.85. The van der Waals surface area contributed by atoms with Gasteiger partial charge in [-0.05, 0) is 43.4 Å². The second-order valence-electron chi connectivity index (χ2n) is 6.66. The Balaban J connectivity index is 0.00000420. The highest BCUT2D eigenvalue weighted by Gasteiger charge is 2.23. The van der Waals surface area contributed by atoms with Crippen LogP contribution in [-0.4, -0.2) is 50.1 Å². The number of nitrogens with one attached hydrogen (secondary N) is 1. The number of carbonyl (C=O) groups is 1. The number of halogens is 3. The zero-order valence-electron chi connectivity index (χ0n) is 16.7. The molecule has 0 radical (unpaired) electrons. The lowest BCUT2D eigenvalue weighted by atomic mass is 9.95. The number of aliphatic imine (C=N–C) groups is 1. The topological polar surface area (TPSA) is 89.2 Å². The fourth-order valence-electron chi connectivity index (χ4n) is 3.31. The summed E-state index contributed by atoms with van der Waals surface area (Å²) in [5, 5.41) is 3.25. The maximum Gasteiger partial charge on any atom is 0.387 e. The van der Waals surface area contributed by atoms with E-state index in [9.17, 15) is 13.6 Å². The van der Waals surface area contributed by atoms with Gasteiger partial charge in [-0.2, -0.15) is 8.78 Å². The van der Waals surface area contributed by atoms with Crippen molar-refractivity contribution in [3.63, 3.8) is 0 Å². The van der Waals surface area contributed by atoms with Crippen molar-refractivity contribution in [2.75, 3.05) is 26.7 Å². The van der Waals surface area contributed by atoms with Gasteiger partial charge in [0.25, 0.3) is 0 Å². The van der Waals surface area contributed by atoms with E-state index in [2.05, 4.69) is 19.9 Å². The van der Waals surface area contributed by atoms with Crippen molar-refractivity contribution in [1.29, 1.82) is 0 Å². The average Bonchev–Trinajstić information content (AvgIpc) is 2.64. The van der Waals surface area contributed by atoms with E-state index in [1.54, 1.807) is 12.1 Å². The molecule has 10 heteroatoms. The van der Waals surface area contributed by atoms with Gasteiger partial charge >= 0.3 is 6.61 Å². The number of guanidine groups is 1. The van der Waals surface area contributed by atoms with E-state index in [4.69, 9.17) is 10.5 Å². The number of carbonyl (C=O) groups excluding carboxylic acids is 1. The van der Waals surface area contributed by atoms with Crippen molar-refractivity contribution in [2.24, 2.45) is 16.6 Å². The molecule has 1 heterocycles. The van der Waals surface area contributed by atoms with Gasteiger partial charge in [0.2, 0.25) is 5.91 Å². The third-order valence-electron chi connectivity index (χ3n) is 4.50. The van der Waals surface area contributed by atoms with Crippen molar-refractivity contribution in [3.05, 3.63) is 23.8 Å². The van der Waals surface area contributed by atoms with Gasteiger partial charge < -0.3 is 25.4 Å². The number of likely N-dealkylation sites (tertiary alicyclic amines) is 1. The highest BCUT2D eigenvalue weighted by Crippen LogP contribution is 2.29. The van der Waals surface area contributed by atoms with Gasteiger partial charge in [-0.25, -0.2) is 4.99 Å². The first kappa shape index (κ1) is 25.2. The van der Waals surface area contributed by atoms with Crippen LogP contribution >= 0.6 is 24.0 Å². The van der Waals surface area contributed by atoms with Crippen LogP contribution in [0.15, 0.2) is 23.2 Å². The summed E-state index contributed by atoms with van der Waals surface area (Å²) in [5.41, 5.74) is 6.05. The van der Waals surface area contributed by atoms with E-state index in [1.807, 2.05) is 6.92 Å². The lowest BCUT2D eigenvalue weighted by Gasteiger charge is -2.34. The first-order valence-electron chi connectivity index (χ1n) is 9.36. The van der Waals surface area contributed by atoms with Crippen LogP contribution < -0.4 is 20.5 Å². The molecule has 1 aliphatic rings. The molecule has 3 N–H and O–H groups in total. The Morgan fingerprint density at radius 2 is 2.17 bits per heavy atom. The molecular weight excluding hydrogens is 497 g/mol. The lowest BCUT2D eigenvalue weighted by Crippen LogP contribution is -2.47. The van der Waals surface area contributed by atoms with Gasteiger partial charge in [0.05, 0.1) is 13.7 Å². The minimum Gasteiger partial charge on any atom is -0.493 e. The normalized spacial score (nSPS) is 16.9. The molecule has 0 aliphatic carbocycles. The molecule has 7 nitrogen and oxygen atoms in total. The van der Waals surface area contributed by atoms with Crippen LogP contribution in [-0.2, 0) is 11.3 Å². The Labute approximate surface area is 187 Å². The van der Waals surface area contributed by atoms with Crippen molar-refractivity contribution in [2.45, 2.75) is 39.3 Å². The molecule has 0 bridgehead atoms. The minimum absolute atomic E-state index is 0. The molecular formula is C19H29F2IN4O3. The fourth-order valence-corrected chi connectivity index (χ4v) is 3.31. The van der Waals surface area contributed by atoms with Gasteiger partial charge in [-0.15, -0.1) is 24.0 Å². The molecule has 0 aromatic heterocycles. The fraction of sp³-hybridized carbons (Fsp3) is 0.579. The molecule has 1 aromatic rings. The summed E-state index contributed by atoms with van der Waals surface area (Å²) in [4.78, 5) is 18.0. The number of ether oxygens (including phenoxy) is 2. The number of hydrogen-bond acceptors (Lipinski definition) is 4. The van der Waals surface area contributed by atoms with E-state index in [1.165, 1.54) is 13.2 Å². The quantitative estimate of drug-likeness (QED) is 0.309. The zero-order chi connectivity index (χ0) is 20.5. The largest absolute Gasteiger partial charge is 0.493 e. The molecule has 0 spiro atoms. The molecule has 1 unspecified atom stereocenters. The second kappa shape index (κ2) is 12.7. The van der Waals surface area contributed by atoms with E-state index in [0.29, 0.717) is 26.1 Å². The third-order valence-corrected chi connectivity index (χ3v) is 4.50. The van der Waals surface area contributed by atoms with Crippen LogP contribution in [0.1, 0.15) is 31.7 Å². The molecule has 1 atom stereocenters. The predicted molar refractivity (Wildman–Crippen MR) is 118 cm³/mol. The molecule has 1 saturated heterocycles. The Hall–Kier alpha value is -1.85. The highest BCUT2D eigenvalue weighted by atomic mass is 127. The van der Waals surface area contributed by atoms with Gasteiger partial charge in [0, 0.05) is 26.1 Å². The number of nitrogens with two attached hydrogens (primary N) is 1. The van der Waals surface area contributed by atoms with Crippen LogP contribution in [0.2, 0.25) is 0 Å². The van der Waals surface area contributed by atoms with Crippen LogP contribution in [0.4, 0.5) is 8.78 Å². The number of rotatable bonds is 8. The number of piperidine rings is 1. The molecule has 1 fully saturated rings. The summed E-state index contributed by atoms with van der Waals surface area (Å²) in [6.45, 7) is 1.57. The van der Waals surface area contributed by atoms with Crippen molar-refractivity contribution in [1.82, 2.24) is 10.2 Å². The monoisotopic (exact) mass is 526 g/mol. The average molecular weight is 526 g/mol. The Morgan fingerprint density at radius 1 is 1.41 bits per heavy atom. The number of methoxy groups -OCH3 is 1. The first-order valence-corrected chi connectivity index (χ1v) is 9.36. The van der Waals surface area contributed by atoms with E-state index < -0.39 is 6.61 Å². The standard InChI is InChI=1S/C19H28F2N4O3.HI/c1-3-23-19(25-8-4-5-14(12-25)10-17(22)26)24-11-13-6-7-15(27-2)16(9-13)28-18(20)21;/h6-7,9,14,18H,3-5,8,10-12H2,1-2H3,(H2,22,26)(H,23,24);1H. The van der Waals surface area contributed by atoms with Crippen LogP contribution in [0.5, 0.6) is 11.5 Å². The summed E-state index contributed by atoms with van der Waals surface area (Å²) in [5.74, 6) is 0.865. The Kier molecular flexibility index (Phi) is 11.0. The van der Waals surface area contributed by atoms with Crippen molar-refractivity contribution >= 4 is 35.8 Å². The maximum atomic E-state index is 12.6. The van der Waals surface area contributed by atoms with E-state index in [-0.39, 0.29) is 47.3 Å². The third kappa shape index (κ3) is 8.19. The maximum absolute atomic E-state index is 12.6. The van der Waals surface area contributed by atoms with Crippen LogP contribution in [0, 0.1) is 5.92 Å². The number of hydrogen-bond donors (Lipinski definition) is 2. The van der Waals surface area contributed by atoms with E-state index >= 15 is 0 Å². The molecule has 2 rings (SSSR count). The summed E-state index contributed by atoms with van der Waals surface area (Å²) in [7, 11) is 1.40. The molecule has 29 heavy (non-hydrogen) atoms. The number of primary amides is 1. The summed E-state index contributed by atoms with van der Waals surface area (Å²) < 4.78 is 34.8. The van der Waals surface area contributed by atoms with Gasteiger partial charge in [0.15, 0.2) is 17.5 Å². The van der Waals surface area contributed by atoms with Crippen molar-refractivity contribution < 1.29 is 23.0 Å². The Bertz CT molecular complexity index is 691. The van der Waals surface area contributed by atoms with Gasteiger partial charge in [-0.3, -0.25) is 4.79 Å². The predicted octanol–water partition coefficient (Wildman–Crippen LogP) is 2.97. The van der Waals surface area contributed by atoms with E-state index in [0.717, 1.165) is 30.9 Å². The first-order chi connectivity index (χ1) is 13.4. The second-order valence-corrected chi connectivity index (χ2v) is 6.66. The molecule has 0 saturated carbocycles. The number of nitrogens with zero attached hydrogens (tertiary/aromatic N) is 2. The number of alkyl halides is 2. The van der Waals surface area contributed by atoms with Gasteiger partial charge in [-0.1, -0.05) is 6.07 Å². The summed E-state index contributed by atoms with van der Waals surface area (Å²) >= 11 is 0. The smallest absolute Gasteiger partial charge is 0.387 e. The molecule has 164 valence electrons. The SMILES string of the molecule is CCNC(=NCc1ccc(OC)c(OC(F)F)c1)N1CCCC(CC(N)=O)C1.I. The van der Waals surface area contributed by atoms with Crippen LogP contribution in [0.3, 0.4) is 0 Å². The van der Waals surface area contributed by atoms with Crippen LogP contribution in [0.25, 0.3) is 0 Å². The summed E-state index contributed by atoms with van der Waals surface area (Å²) in [6.07, 6.45) is 2.28. The zero-order valence-corrected chi connectivity index (χ0v) is 19.0. The van der Waals surface area contributed by atoms with Gasteiger partial charge in [0.1, 0.15) is 0 Å². The Morgan fingerprint density at radius 3 is 2.79 bits per heavy atom. The molecule has 1 amide bonds.